The fourth-order valence-electron chi connectivity index (χ4n) is 3.04. The molecule has 3 aromatic rings. The van der Waals surface area contributed by atoms with Crippen molar-refractivity contribution in [3.8, 4) is 5.75 Å². The molecule has 0 bridgehead atoms. The van der Waals surface area contributed by atoms with Crippen LogP contribution in [0, 0.1) is 0 Å². The third kappa shape index (κ3) is 3.48. The van der Waals surface area contributed by atoms with Crippen molar-refractivity contribution in [1.82, 2.24) is 14.9 Å². The van der Waals surface area contributed by atoms with Crippen molar-refractivity contribution >= 4 is 22.9 Å². The second-order valence-electron chi connectivity index (χ2n) is 6.64. The largest absolute Gasteiger partial charge is 0.486 e. The van der Waals surface area contributed by atoms with Crippen molar-refractivity contribution in [2.24, 2.45) is 0 Å². The molecule has 0 saturated heterocycles. The van der Waals surface area contributed by atoms with Crippen LogP contribution in [0.15, 0.2) is 54.6 Å². The topological polar surface area (TPSA) is 93.5 Å². The number of nitrogens with one attached hydrogen (secondary N) is 1. The number of aromatic nitrogens is 2. The molecule has 1 heterocycles. The summed E-state index contributed by atoms with van der Waals surface area (Å²) in [4.78, 5) is 28.4. The Morgan fingerprint density at radius 3 is 2.52 bits per heavy atom. The van der Waals surface area contributed by atoms with E-state index in [1.165, 1.54) is 0 Å². The van der Waals surface area contributed by atoms with Gasteiger partial charge in [-0.25, -0.2) is 9.78 Å². The van der Waals surface area contributed by atoms with Gasteiger partial charge >= 0.3 is 5.97 Å². The number of ether oxygens (including phenoxy) is 1. The Hall–Kier alpha value is -3.35. The number of carbonyl (C=O) groups excluding carboxylic acids is 1. The number of hydrogen-bond donors (Lipinski definition) is 2. The SMILES string of the molecule is O=C(Cn1c(COc2ccccc2)nc2ccccc21)NC1(C(=O)O)CC1. The lowest BCUT2D eigenvalue weighted by Gasteiger charge is -2.14. The zero-order chi connectivity index (χ0) is 18.9. The van der Waals surface area contributed by atoms with E-state index in [0.29, 0.717) is 24.4 Å². The van der Waals surface area contributed by atoms with Gasteiger partial charge in [0, 0.05) is 0 Å². The Bertz CT molecular complexity index is 993. The van der Waals surface area contributed by atoms with E-state index >= 15 is 0 Å². The van der Waals surface area contributed by atoms with Gasteiger partial charge in [-0.3, -0.25) is 4.79 Å². The van der Waals surface area contributed by atoms with Crippen molar-refractivity contribution in [2.75, 3.05) is 0 Å². The lowest BCUT2D eigenvalue weighted by atomic mass is 10.2. The highest BCUT2D eigenvalue weighted by atomic mass is 16.5. The maximum Gasteiger partial charge on any atom is 0.329 e. The summed E-state index contributed by atoms with van der Waals surface area (Å²) in [5.41, 5.74) is 0.463. The maximum atomic E-state index is 12.5. The van der Waals surface area contributed by atoms with E-state index in [0.717, 1.165) is 11.0 Å². The average Bonchev–Trinajstić information content (AvgIpc) is 3.37. The molecule has 1 fully saturated rings. The van der Waals surface area contributed by atoms with Gasteiger partial charge in [-0.2, -0.15) is 0 Å². The molecule has 0 aliphatic heterocycles. The van der Waals surface area contributed by atoms with Gasteiger partial charge in [0.05, 0.1) is 11.0 Å². The van der Waals surface area contributed by atoms with Gasteiger partial charge in [0.2, 0.25) is 5.91 Å². The van der Waals surface area contributed by atoms with Crippen molar-refractivity contribution in [3.05, 3.63) is 60.4 Å². The number of aliphatic carboxylic acids is 1. The second-order valence-corrected chi connectivity index (χ2v) is 6.64. The number of para-hydroxylation sites is 3. The van der Waals surface area contributed by atoms with Gasteiger partial charge in [0.25, 0.3) is 0 Å². The first kappa shape index (κ1) is 17.1. The van der Waals surface area contributed by atoms with Crippen molar-refractivity contribution in [1.29, 1.82) is 0 Å². The maximum absolute atomic E-state index is 12.5. The van der Waals surface area contributed by atoms with E-state index in [9.17, 15) is 14.7 Å². The molecule has 1 amide bonds. The van der Waals surface area contributed by atoms with Gasteiger partial charge in [-0.1, -0.05) is 30.3 Å². The number of nitrogens with zero attached hydrogens (tertiary/aromatic N) is 2. The van der Waals surface area contributed by atoms with Gasteiger partial charge in [0.1, 0.15) is 30.3 Å². The molecule has 0 atom stereocenters. The number of carboxylic acids is 1. The summed E-state index contributed by atoms with van der Waals surface area (Å²) in [6.45, 7) is 0.194. The molecular weight excluding hydrogens is 346 g/mol. The number of rotatable bonds is 7. The number of hydrogen-bond acceptors (Lipinski definition) is 4. The highest BCUT2D eigenvalue weighted by Gasteiger charge is 2.51. The summed E-state index contributed by atoms with van der Waals surface area (Å²) >= 11 is 0. The Morgan fingerprint density at radius 2 is 1.81 bits per heavy atom. The van der Waals surface area contributed by atoms with E-state index < -0.39 is 11.5 Å². The fraction of sp³-hybridized carbons (Fsp3) is 0.250. The van der Waals surface area contributed by atoms with Crippen LogP contribution in [0.5, 0.6) is 5.75 Å². The van der Waals surface area contributed by atoms with Gasteiger partial charge in [-0.15, -0.1) is 0 Å². The Labute approximate surface area is 155 Å². The number of carboxylic acid groups (broad SMARTS) is 1. The molecule has 7 nitrogen and oxygen atoms in total. The Kier molecular flexibility index (Phi) is 4.27. The lowest BCUT2D eigenvalue weighted by molar-refractivity contribution is -0.143. The highest BCUT2D eigenvalue weighted by molar-refractivity contribution is 5.90. The summed E-state index contributed by atoms with van der Waals surface area (Å²) in [5, 5.41) is 11.9. The van der Waals surface area contributed by atoms with Crippen LogP contribution in [0.1, 0.15) is 18.7 Å². The van der Waals surface area contributed by atoms with Crippen LogP contribution < -0.4 is 10.1 Å². The van der Waals surface area contributed by atoms with Crippen molar-refractivity contribution in [2.45, 2.75) is 31.5 Å². The highest BCUT2D eigenvalue weighted by Crippen LogP contribution is 2.35. The molecule has 1 aromatic heterocycles. The molecular formula is C20H19N3O4. The smallest absolute Gasteiger partial charge is 0.329 e. The Morgan fingerprint density at radius 1 is 1.11 bits per heavy atom. The van der Waals surface area contributed by atoms with Crippen LogP contribution in [0.25, 0.3) is 11.0 Å². The molecule has 2 aromatic carbocycles. The molecule has 0 unspecified atom stereocenters. The van der Waals surface area contributed by atoms with Crippen LogP contribution in [0.3, 0.4) is 0 Å². The van der Waals surface area contributed by atoms with E-state index in [2.05, 4.69) is 10.3 Å². The van der Waals surface area contributed by atoms with E-state index in [1.807, 2.05) is 54.6 Å². The quantitative estimate of drug-likeness (QED) is 0.670. The van der Waals surface area contributed by atoms with Gasteiger partial charge in [-0.05, 0) is 37.1 Å². The third-order valence-electron chi connectivity index (χ3n) is 4.68. The number of amides is 1. The molecule has 7 heteroatoms. The summed E-state index contributed by atoms with van der Waals surface area (Å²) in [5.74, 6) is -0.0169. The molecule has 1 aliphatic carbocycles. The zero-order valence-electron chi connectivity index (χ0n) is 14.6. The molecule has 1 aliphatic rings. The fourth-order valence-corrected chi connectivity index (χ4v) is 3.04. The molecule has 0 spiro atoms. The summed E-state index contributed by atoms with van der Waals surface area (Å²) < 4.78 is 7.56. The molecule has 0 radical (unpaired) electrons. The Balaban J connectivity index is 1.56. The van der Waals surface area contributed by atoms with E-state index in [1.54, 1.807) is 4.57 Å². The summed E-state index contributed by atoms with van der Waals surface area (Å²) in [7, 11) is 0. The lowest BCUT2D eigenvalue weighted by Crippen LogP contribution is -2.44. The molecule has 2 N–H and O–H groups in total. The van der Waals surface area contributed by atoms with Crippen LogP contribution in [-0.4, -0.2) is 32.1 Å². The first-order chi connectivity index (χ1) is 13.1. The normalized spacial score (nSPS) is 14.7. The first-order valence-corrected chi connectivity index (χ1v) is 8.74. The molecule has 27 heavy (non-hydrogen) atoms. The first-order valence-electron chi connectivity index (χ1n) is 8.74. The third-order valence-corrected chi connectivity index (χ3v) is 4.68. The minimum atomic E-state index is -1.10. The summed E-state index contributed by atoms with van der Waals surface area (Å²) in [6, 6.07) is 16.9. The van der Waals surface area contributed by atoms with Gasteiger partial charge in [0.15, 0.2) is 0 Å². The predicted octanol–water partition coefficient (Wildman–Crippen LogP) is 2.35. The number of fused-ring (bicyclic) bond motifs is 1. The van der Waals surface area contributed by atoms with E-state index in [4.69, 9.17) is 4.74 Å². The van der Waals surface area contributed by atoms with Crippen LogP contribution in [0.4, 0.5) is 0 Å². The molecule has 138 valence electrons. The van der Waals surface area contributed by atoms with Crippen LogP contribution in [-0.2, 0) is 22.7 Å². The monoisotopic (exact) mass is 365 g/mol. The van der Waals surface area contributed by atoms with Crippen molar-refractivity contribution < 1.29 is 19.4 Å². The number of benzene rings is 2. The number of carbonyl (C=O) groups is 2. The minimum Gasteiger partial charge on any atom is -0.486 e. The van der Waals surface area contributed by atoms with Gasteiger partial charge < -0.3 is 19.7 Å². The minimum absolute atomic E-state index is 0.0109. The van der Waals surface area contributed by atoms with Crippen LogP contribution >= 0.6 is 0 Å². The second kappa shape index (κ2) is 6.75. The average molecular weight is 365 g/mol. The molecule has 1 saturated carbocycles. The predicted molar refractivity (Wildman–Crippen MR) is 98.3 cm³/mol. The van der Waals surface area contributed by atoms with Crippen LogP contribution in [0.2, 0.25) is 0 Å². The van der Waals surface area contributed by atoms with Crippen molar-refractivity contribution in [3.63, 3.8) is 0 Å². The molecule has 4 rings (SSSR count). The van der Waals surface area contributed by atoms with E-state index in [-0.39, 0.29) is 19.1 Å². The number of imidazole rings is 1. The summed E-state index contributed by atoms with van der Waals surface area (Å²) in [6.07, 6.45) is 0.922. The standard InChI is InChI=1S/C20H19N3O4/c24-18(22-20(10-11-20)19(25)26)12-23-16-9-5-4-8-15(16)21-17(23)13-27-14-6-2-1-3-7-14/h1-9H,10-13H2,(H,22,24)(H,25,26). The zero-order valence-corrected chi connectivity index (χ0v) is 14.6.